The summed E-state index contributed by atoms with van der Waals surface area (Å²) in [5.74, 6) is 1.10. The fourth-order valence-electron chi connectivity index (χ4n) is 3.61. The Morgan fingerprint density at radius 3 is 2.67 bits per heavy atom. The molecule has 0 fully saturated rings. The summed E-state index contributed by atoms with van der Waals surface area (Å²) in [6.45, 7) is 0.791. The second-order valence-corrected chi connectivity index (χ2v) is 7.02. The number of para-hydroxylation sites is 1. The Morgan fingerprint density at radius 2 is 1.83 bits per heavy atom. The first-order valence-electron chi connectivity index (χ1n) is 9.49. The number of nitriles is 1. The number of aromatic nitrogens is 1. The summed E-state index contributed by atoms with van der Waals surface area (Å²) in [7, 11) is 0. The van der Waals surface area contributed by atoms with E-state index in [4.69, 9.17) is 14.7 Å². The molecule has 1 aliphatic rings. The number of amides is 1. The minimum absolute atomic E-state index is 0.190. The van der Waals surface area contributed by atoms with E-state index in [-0.39, 0.29) is 12.7 Å². The van der Waals surface area contributed by atoms with E-state index in [0.29, 0.717) is 34.9 Å². The molecule has 2 heterocycles. The highest BCUT2D eigenvalue weighted by molar-refractivity contribution is 6.13. The molecule has 0 spiro atoms. The van der Waals surface area contributed by atoms with E-state index >= 15 is 0 Å². The highest BCUT2D eigenvalue weighted by Crippen LogP contribution is 2.34. The largest absolute Gasteiger partial charge is 0.454 e. The Hall–Kier alpha value is -4.24. The molecule has 0 atom stereocenters. The van der Waals surface area contributed by atoms with Crippen LogP contribution >= 0.6 is 0 Å². The first-order chi connectivity index (χ1) is 14.7. The third kappa shape index (κ3) is 3.23. The molecular weight excluding hydrogens is 378 g/mol. The molecule has 0 saturated carbocycles. The maximum Gasteiger partial charge on any atom is 0.257 e. The van der Waals surface area contributed by atoms with Crippen LogP contribution in [0.3, 0.4) is 0 Å². The van der Waals surface area contributed by atoms with Gasteiger partial charge in [-0.25, -0.2) is 0 Å². The molecule has 0 radical (unpaired) electrons. The van der Waals surface area contributed by atoms with Crippen molar-refractivity contribution in [3.8, 4) is 17.6 Å². The summed E-state index contributed by atoms with van der Waals surface area (Å²) in [6.07, 6.45) is 1.87. The Kier molecular flexibility index (Phi) is 4.34. The van der Waals surface area contributed by atoms with E-state index in [1.165, 1.54) is 0 Å². The van der Waals surface area contributed by atoms with E-state index in [1.54, 1.807) is 30.3 Å². The Balaban J connectivity index is 1.45. The van der Waals surface area contributed by atoms with Gasteiger partial charge in [-0.1, -0.05) is 30.3 Å². The molecule has 0 saturated heterocycles. The SMILES string of the molecule is N#Cc1ccc(Cn2cc(C(=O)Nc3ccc4c(c3)OCO4)c3ccccc32)cc1. The van der Waals surface area contributed by atoms with Gasteiger partial charge in [0.25, 0.3) is 5.91 Å². The number of hydrogen-bond acceptors (Lipinski definition) is 4. The monoisotopic (exact) mass is 395 g/mol. The van der Waals surface area contributed by atoms with Crippen LogP contribution in [0, 0.1) is 11.3 Å². The highest BCUT2D eigenvalue weighted by atomic mass is 16.7. The van der Waals surface area contributed by atoms with Crippen molar-refractivity contribution in [1.82, 2.24) is 4.57 Å². The number of carbonyl (C=O) groups excluding carboxylic acids is 1. The minimum Gasteiger partial charge on any atom is -0.454 e. The number of benzene rings is 3. The molecule has 6 nitrogen and oxygen atoms in total. The second kappa shape index (κ2) is 7.30. The zero-order chi connectivity index (χ0) is 20.5. The minimum atomic E-state index is -0.191. The number of nitrogens with one attached hydrogen (secondary N) is 1. The van der Waals surface area contributed by atoms with E-state index in [2.05, 4.69) is 11.4 Å². The maximum absolute atomic E-state index is 13.0. The van der Waals surface area contributed by atoms with Gasteiger partial charge < -0.3 is 19.4 Å². The van der Waals surface area contributed by atoms with Crippen molar-refractivity contribution in [3.63, 3.8) is 0 Å². The molecule has 1 aliphatic heterocycles. The number of anilines is 1. The predicted molar refractivity (Wildman–Crippen MR) is 113 cm³/mol. The Labute approximate surface area is 172 Å². The number of carbonyl (C=O) groups is 1. The quantitative estimate of drug-likeness (QED) is 0.550. The number of nitrogens with zero attached hydrogens (tertiary/aromatic N) is 2. The standard InChI is InChI=1S/C24H17N3O3/c25-12-16-5-7-17(8-6-16)13-27-14-20(19-3-1-2-4-21(19)27)24(28)26-18-9-10-22-23(11-18)30-15-29-22/h1-11,14H,13,15H2,(H,26,28). The molecule has 1 amide bonds. The van der Waals surface area contributed by atoms with Gasteiger partial charge in [0.1, 0.15) is 0 Å². The number of ether oxygens (including phenoxy) is 2. The van der Waals surface area contributed by atoms with Crippen LogP contribution in [0.15, 0.2) is 72.9 Å². The van der Waals surface area contributed by atoms with Gasteiger partial charge in [0.05, 0.1) is 17.2 Å². The van der Waals surface area contributed by atoms with Crippen molar-refractivity contribution >= 4 is 22.5 Å². The number of hydrogen-bond donors (Lipinski definition) is 1. The summed E-state index contributed by atoms with van der Waals surface area (Å²) in [4.78, 5) is 13.0. The first kappa shape index (κ1) is 17.8. The van der Waals surface area contributed by atoms with Crippen molar-refractivity contribution in [2.45, 2.75) is 6.54 Å². The van der Waals surface area contributed by atoms with Crippen molar-refractivity contribution in [3.05, 3.63) is 89.6 Å². The normalized spacial score (nSPS) is 12.0. The van der Waals surface area contributed by atoms with Gasteiger partial charge in [-0.2, -0.15) is 5.26 Å². The first-order valence-corrected chi connectivity index (χ1v) is 9.49. The molecule has 0 aliphatic carbocycles. The van der Waals surface area contributed by atoms with E-state index in [0.717, 1.165) is 16.5 Å². The molecule has 30 heavy (non-hydrogen) atoms. The third-order valence-electron chi connectivity index (χ3n) is 5.10. The zero-order valence-corrected chi connectivity index (χ0v) is 16.0. The molecule has 146 valence electrons. The summed E-state index contributed by atoms with van der Waals surface area (Å²) < 4.78 is 12.8. The number of rotatable bonds is 4. The fourth-order valence-corrected chi connectivity index (χ4v) is 3.61. The van der Waals surface area contributed by atoms with Crippen LogP contribution in [0.4, 0.5) is 5.69 Å². The Morgan fingerprint density at radius 1 is 1.03 bits per heavy atom. The van der Waals surface area contributed by atoms with Gasteiger partial charge in [0.15, 0.2) is 11.5 Å². The van der Waals surface area contributed by atoms with Crippen molar-refractivity contribution < 1.29 is 14.3 Å². The Bertz CT molecular complexity index is 1300. The van der Waals surface area contributed by atoms with Gasteiger partial charge in [0.2, 0.25) is 6.79 Å². The lowest BCUT2D eigenvalue weighted by atomic mass is 10.1. The zero-order valence-electron chi connectivity index (χ0n) is 16.0. The second-order valence-electron chi connectivity index (χ2n) is 7.02. The highest BCUT2D eigenvalue weighted by Gasteiger charge is 2.18. The van der Waals surface area contributed by atoms with Gasteiger partial charge >= 0.3 is 0 Å². The molecule has 1 aromatic heterocycles. The van der Waals surface area contributed by atoms with Crippen LogP contribution in [0.5, 0.6) is 11.5 Å². The summed E-state index contributed by atoms with van der Waals surface area (Å²) in [5, 5.41) is 12.8. The van der Waals surface area contributed by atoms with Crippen LogP contribution < -0.4 is 14.8 Å². The van der Waals surface area contributed by atoms with Crippen LogP contribution in [0.25, 0.3) is 10.9 Å². The van der Waals surface area contributed by atoms with Crippen molar-refractivity contribution in [2.24, 2.45) is 0 Å². The van der Waals surface area contributed by atoms with Crippen molar-refractivity contribution in [1.29, 1.82) is 5.26 Å². The third-order valence-corrected chi connectivity index (χ3v) is 5.10. The van der Waals surface area contributed by atoms with Gasteiger partial charge in [-0.15, -0.1) is 0 Å². The lowest BCUT2D eigenvalue weighted by molar-refractivity contribution is 0.102. The van der Waals surface area contributed by atoms with Crippen molar-refractivity contribution in [2.75, 3.05) is 12.1 Å². The fraction of sp³-hybridized carbons (Fsp3) is 0.0833. The van der Waals surface area contributed by atoms with Crippen LogP contribution in [0.1, 0.15) is 21.5 Å². The summed E-state index contributed by atoms with van der Waals surface area (Å²) >= 11 is 0. The molecule has 3 aromatic carbocycles. The maximum atomic E-state index is 13.0. The van der Waals surface area contributed by atoms with Gasteiger partial charge in [-0.3, -0.25) is 4.79 Å². The van der Waals surface area contributed by atoms with Crippen LogP contribution in [-0.2, 0) is 6.54 Å². The predicted octanol–water partition coefficient (Wildman–Crippen LogP) is 4.54. The topological polar surface area (TPSA) is 76.3 Å². The van der Waals surface area contributed by atoms with Gasteiger partial charge in [-0.05, 0) is 35.9 Å². The van der Waals surface area contributed by atoms with Gasteiger partial charge in [0, 0.05) is 35.4 Å². The molecular formula is C24H17N3O3. The molecule has 4 aromatic rings. The molecule has 0 bridgehead atoms. The smallest absolute Gasteiger partial charge is 0.257 e. The summed E-state index contributed by atoms with van der Waals surface area (Å²) in [5.41, 5.74) is 3.89. The summed E-state index contributed by atoms with van der Waals surface area (Å²) in [6, 6.07) is 22.7. The molecule has 6 heteroatoms. The molecule has 5 rings (SSSR count). The lowest BCUT2D eigenvalue weighted by Gasteiger charge is -2.06. The molecule has 1 N–H and O–H groups in total. The number of fused-ring (bicyclic) bond motifs is 2. The van der Waals surface area contributed by atoms with E-state index in [1.807, 2.05) is 47.2 Å². The molecule has 0 unspecified atom stereocenters. The van der Waals surface area contributed by atoms with Crippen LogP contribution in [0.2, 0.25) is 0 Å². The van der Waals surface area contributed by atoms with E-state index < -0.39 is 0 Å². The lowest BCUT2D eigenvalue weighted by Crippen LogP contribution is -2.11. The van der Waals surface area contributed by atoms with E-state index in [9.17, 15) is 4.79 Å². The van der Waals surface area contributed by atoms with Crippen LogP contribution in [-0.4, -0.2) is 17.3 Å². The average molecular weight is 395 g/mol. The average Bonchev–Trinajstić information content (AvgIpc) is 3.39.